The van der Waals surface area contributed by atoms with E-state index in [1.165, 1.54) is 5.57 Å². The molecule has 6 aliphatic rings. The molecule has 1 aliphatic heterocycles. The van der Waals surface area contributed by atoms with Crippen molar-refractivity contribution in [3.05, 3.63) is 47.5 Å². The van der Waals surface area contributed by atoms with Crippen LogP contribution < -0.4 is 0 Å². The van der Waals surface area contributed by atoms with Gasteiger partial charge in [-0.15, -0.1) is 0 Å². The van der Waals surface area contributed by atoms with Crippen molar-refractivity contribution in [2.45, 2.75) is 118 Å². The molecule has 1 aromatic rings. The summed E-state index contributed by atoms with van der Waals surface area (Å²) in [5, 5.41) is 12.0. The minimum Gasteiger partial charge on any atom is -0.463 e. The molecule has 0 amide bonds. The molecule has 7 rings (SSSR count). The number of aliphatic hydroxyl groups excluding tert-OH is 1. The molecule has 0 radical (unpaired) electrons. The maximum Gasteiger partial charge on any atom is 0.344 e. The van der Waals surface area contributed by atoms with Crippen LogP contribution in [-0.4, -0.2) is 49.1 Å². The molecule has 1 heterocycles. The number of aliphatic hydroxyl groups is 1. The lowest BCUT2D eigenvalue weighted by Crippen LogP contribution is -2.69. The van der Waals surface area contributed by atoms with Gasteiger partial charge in [0.05, 0.1) is 30.8 Å². The topological polar surface area (TPSA) is 91.3 Å². The molecule has 5 fully saturated rings. The lowest BCUT2D eigenvalue weighted by Gasteiger charge is -2.72. The van der Waals surface area contributed by atoms with Crippen molar-refractivity contribution in [1.29, 1.82) is 0 Å². The van der Waals surface area contributed by atoms with E-state index in [0.717, 1.165) is 56.9 Å². The second-order valence-corrected chi connectivity index (χ2v) is 17.6. The van der Waals surface area contributed by atoms with Crippen LogP contribution in [-0.2, 0) is 28.5 Å². The van der Waals surface area contributed by atoms with Gasteiger partial charge in [0, 0.05) is 11.0 Å². The molecule has 4 saturated carbocycles. The Labute approximate surface area is 287 Å². The maximum absolute atomic E-state index is 14.1. The van der Waals surface area contributed by atoms with Crippen molar-refractivity contribution < 1.29 is 33.6 Å². The Morgan fingerprint density at radius 2 is 1.69 bits per heavy atom. The average Bonchev–Trinajstić information content (AvgIpc) is 3.06. The van der Waals surface area contributed by atoms with E-state index in [1.807, 2.05) is 30.3 Å². The predicted octanol–water partition coefficient (Wildman–Crippen LogP) is 7.82. The molecular formula is C41H58O7. The summed E-state index contributed by atoms with van der Waals surface area (Å²) < 4.78 is 24.0. The van der Waals surface area contributed by atoms with E-state index in [1.54, 1.807) is 6.92 Å². The SMILES string of the molecule is CCOC(=O)COC(=O)[C@]12CC[C@@H](C)[C@H](C)C1C1=CCC3[C@@]4(C)C[C@@H](O)[C@@H]5OC(c6ccccc6)OC[C@@]5(C)C4CC[C@@]3(C)[C@]1(C)CC2. The number of allylic oxidation sites excluding steroid dienone is 2. The zero-order valence-corrected chi connectivity index (χ0v) is 30.3. The van der Waals surface area contributed by atoms with Gasteiger partial charge in [0.2, 0.25) is 0 Å². The van der Waals surface area contributed by atoms with Gasteiger partial charge in [-0.25, -0.2) is 4.79 Å². The Bertz CT molecular complexity index is 1440. The van der Waals surface area contributed by atoms with Crippen molar-refractivity contribution >= 4 is 11.9 Å². The first-order valence-corrected chi connectivity index (χ1v) is 18.8. The summed E-state index contributed by atoms with van der Waals surface area (Å²) in [6.45, 7) is 16.8. The van der Waals surface area contributed by atoms with Gasteiger partial charge >= 0.3 is 11.9 Å². The Morgan fingerprint density at radius 3 is 2.42 bits per heavy atom. The second-order valence-electron chi connectivity index (χ2n) is 17.6. The zero-order valence-electron chi connectivity index (χ0n) is 30.3. The second kappa shape index (κ2) is 11.9. The van der Waals surface area contributed by atoms with E-state index in [2.05, 4.69) is 47.6 Å². The third-order valence-electron chi connectivity index (χ3n) is 15.6. The molecule has 1 saturated heterocycles. The van der Waals surface area contributed by atoms with Crippen LogP contribution in [0.5, 0.6) is 0 Å². The number of benzene rings is 1. The first-order valence-electron chi connectivity index (χ1n) is 18.8. The summed E-state index contributed by atoms with van der Waals surface area (Å²) >= 11 is 0. The van der Waals surface area contributed by atoms with E-state index in [4.69, 9.17) is 18.9 Å². The molecule has 0 spiro atoms. The highest BCUT2D eigenvalue weighted by Crippen LogP contribution is 2.76. The number of carbonyl (C=O) groups is 2. The van der Waals surface area contributed by atoms with Crippen LogP contribution in [0.15, 0.2) is 42.0 Å². The molecule has 1 N–H and O–H groups in total. The van der Waals surface area contributed by atoms with E-state index in [0.29, 0.717) is 30.3 Å². The first-order chi connectivity index (χ1) is 22.7. The van der Waals surface area contributed by atoms with Crippen LogP contribution in [0.2, 0.25) is 0 Å². The van der Waals surface area contributed by atoms with Gasteiger partial charge < -0.3 is 24.1 Å². The molecular weight excluding hydrogens is 604 g/mol. The Morgan fingerprint density at radius 1 is 0.938 bits per heavy atom. The summed E-state index contributed by atoms with van der Waals surface area (Å²) in [7, 11) is 0. The monoisotopic (exact) mass is 662 g/mol. The first kappa shape index (κ1) is 34.2. The Hall–Kier alpha value is -2.22. The Kier molecular flexibility index (Phi) is 8.52. The predicted molar refractivity (Wildman–Crippen MR) is 182 cm³/mol. The smallest absolute Gasteiger partial charge is 0.344 e. The highest BCUT2D eigenvalue weighted by atomic mass is 16.7. The van der Waals surface area contributed by atoms with Crippen LogP contribution in [0.25, 0.3) is 0 Å². The van der Waals surface area contributed by atoms with Gasteiger partial charge in [-0.2, -0.15) is 0 Å². The highest BCUT2D eigenvalue weighted by molar-refractivity contribution is 5.82. The third-order valence-corrected chi connectivity index (χ3v) is 15.6. The minimum absolute atomic E-state index is 0.00953. The third kappa shape index (κ3) is 4.76. The van der Waals surface area contributed by atoms with E-state index in [-0.39, 0.29) is 52.9 Å². The van der Waals surface area contributed by atoms with Gasteiger partial charge in [0.25, 0.3) is 0 Å². The van der Waals surface area contributed by atoms with Gasteiger partial charge in [-0.3, -0.25) is 4.79 Å². The van der Waals surface area contributed by atoms with Crippen molar-refractivity contribution in [1.82, 2.24) is 0 Å². The number of hydrogen-bond acceptors (Lipinski definition) is 7. The van der Waals surface area contributed by atoms with Gasteiger partial charge in [-0.05, 0) is 104 Å². The fraction of sp³-hybridized carbons (Fsp3) is 0.756. The summed E-state index contributed by atoms with van der Waals surface area (Å²) in [5.41, 5.74) is 1.40. The lowest BCUT2D eigenvalue weighted by atomic mass is 9.33. The molecule has 264 valence electrons. The van der Waals surface area contributed by atoms with Crippen LogP contribution in [0.4, 0.5) is 0 Å². The molecule has 7 heteroatoms. The molecule has 0 bridgehead atoms. The number of rotatable bonds is 5. The van der Waals surface area contributed by atoms with Crippen molar-refractivity contribution in [3.8, 4) is 0 Å². The van der Waals surface area contributed by atoms with Crippen LogP contribution in [0.3, 0.4) is 0 Å². The molecule has 13 atom stereocenters. The Balaban J connectivity index is 1.21. The maximum atomic E-state index is 14.1. The standard InChI is InChI=1S/C41H58O7/c1-8-45-32(43)23-46-36(44)41-19-16-25(2)26(3)33(41)28-14-15-31-37(4)22-29(42)34-38(5,24-47-35(48-34)27-12-10-9-11-13-27)30(37)17-18-40(31,7)39(28,6)20-21-41/h9-14,25-26,29-31,33-35,42H,8,15-24H2,1-7H3/t25-,26+,29-,30?,31?,33?,34+,35?,37+,38+,39-,40-,41+/m1/s1. The van der Waals surface area contributed by atoms with Gasteiger partial charge in [0.15, 0.2) is 12.9 Å². The number of hydrogen-bond donors (Lipinski definition) is 1. The van der Waals surface area contributed by atoms with Crippen LogP contribution in [0.1, 0.15) is 112 Å². The van der Waals surface area contributed by atoms with E-state index >= 15 is 0 Å². The number of ether oxygens (including phenoxy) is 4. The highest BCUT2D eigenvalue weighted by Gasteiger charge is 2.71. The minimum atomic E-state index is -0.609. The molecule has 5 aliphatic carbocycles. The van der Waals surface area contributed by atoms with Crippen LogP contribution >= 0.6 is 0 Å². The zero-order chi connectivity index (χ0) is 34.3. The fourth-order valence-electron chi connectivity index (χ4n) is 12.9. The molecule has 0 aromatic heterocycles. The largest absolute Gasteiger partial charge is 0.463 e. The number of fused-ring (bicyclic) bond motifs is 9. The summed E-state index contributed by atoms with van der Waals surface area (Å²) in [4.78, 5) is 26.3. The number of carbonyl (C=O) groups excluding carboxylic acids is 2. The molecule has 1 aromatic carbocycles. The van der Waals surface area contributed by atoms with Crippen molar-refractivity contribution in [2.24, 2.45) is 56.7 Å². The average molecular weight is 663 g/mol. The van der Waals surface area contributed by atoms with E-state index < -0.39 is 23.8 Å². The molecule has 7 nitrogen and oxygen atoms in total. The molecule has 4 unspecified atom stereocenters. The lowest BCUT2D eigenvalue weighted by molar-refractivity contribution is -0.339. The van der Waals surface area contributed by atoms with E-state index in [9.17, 15) is 14.7 Å². The van der Waals surface area contributed by atoms with Gasteiger partial charge in [-0.1, -0.05) is 83.5 Å². The quantitative estimate of drug-likeness (QED) is 0.254. The summed E-state index contributed by atoms with van der Waals surface area (Å²) in [6, 6.07) is 10.1. The van der Waals surface area contributed by atoms with Gasteiger partial charge in [0.1, 0.15) is 0 Å². The number of esters is 2. The summed E-state index contributed by atoms with van der Waals surface area (Å²) in [5.74, 6) is 0.968. The van der Waals surface area contributed by atoms with Crippen molar-refractivity contribution in [2.75, 3.05) is 19.8 Å². The fourth-order valence-corrected chi connectivity index (χ4v) is 12.9. The van der Waals surface area contributed by atoms with Crippen molar-refractivity contribution in [3.63, 3.8) is 0 Å². The summed E-state index contributed by atoms with van der Waals surface area (Å²) in [6.07, 6.45) is 8.56. The van der Waals surface area contributed by atoms with Crippen LogP contribution in [0, 0.1) is 56.7 Å². The normalized spacial score (nSPS) is 48.0. The molecule has 48 heavy (non-hydrogen) atoms.